The third kappa shape index (κ3) is 6.54. The molecule has 1 atom stereocenters. The van der Waals surface area contributed by atoms with Crippen molar-refractivity contribution in [1.82, 2.24) is 15.0 Å². The number of benzene rings is 3. The summed E-state index contributed by atoms with van der Waals surface area (Å²) in [5.74, 6) is 0.274. The van der Waals surface area contributed by atoms with Gasteiger partial charge in [-0.2, -0.15) is 5.26 Å². The second kappa shape index (κ2) is 12.1. The van der Waals surface area contributed by atoms with E-state index in [0.29, 0.717) is 29.5 Å². The van der Waals surface area contributed by atoms with Crippen LogP contribution in [0.25, 0.3) is 10.2 Å². The summed E-state index contributed by atoms with van der Waals surface area (Å²) in [5, 5.41) is 12.6. The molecule has 11 heteroatoms. The molecule has 196 valence electrons. The Hall–Kier alpha value is -3.82. The van der Waals surface area contributed by atoms with E-state index in [1.807, 2.05) is 18.2 Å². The van der Waals surface area contributed by atoms with E-state index in [9.17, 15) is 18.5 Å². The number of nitriles is 1. The lowest BCUT2D eigenvalue weighted by Crippen LogP contribution is -2.31. The van der Waals surface area contributed by atoms with Gasteiger partial charge in [-0.25, -0.2) is 18.1 Å². The van der Waals surface area contributed by atoms with Crippen LogP contribution in [0.15, 0.2) is 71.6 Å². The molecule has 0 bridgehead atoms. The second-order valence-corrected chi connectivity index (χ2v) is 11.1. The fourth-order valence-electron chi connectivity index (χ4n) is 3.81. The van der Waals surface area contributed by atoms with Crippen molar-refractivity contribution in [3.63, 3.8) is 0 Å². The SMILES string of the molecule is COCCNC(=O)c1cccc(S(=O)(=O)NC(Cc2cccc(C#N)c2)c2nc3ccc(OC)cc3s2)c1. The zero-order valence-corrected chi connectivity index (χ0v) is 22.4. The molecule has 0 radical (unpaired) electrons. The van der Waals surface area contributed by atoms with Gasteiger partial charge in [-0.1, -0.05) is 18.2 Å². The molecule has 9 nitrogen and oxygen atoms in total. The summed E-state index contributed by atoms with van der Waals surface area (Å²) in [5.41, 5.74) is 2.19. The van der Waals surface area contributed by atoms with Gasteiger partial charge in [0.25, 0.3) is 5.91 Å². The van der Waals surface area contributed by atoms with Crippen LogP contribution in [0.5, 0.6) is 5.75 Å². The summed E-state index contributed by atoms with van der Waals surface area (Å²) < 4.78 is 40.9. The Labute approximate surface area is 225 Å². The average Bonchev–Trinajstić information content (AvgIpc) is 3.36. The Morgan fingerprint density at radius 1 is 1.11 bits per heavy atom. The number of nitrogens with zero attached hydrogens (tertiary/aromatic N) is 2. The Morgan fingerprint density at radius 2 is 1.92 bits per heavy atom. The third-order valence-corrected chi connectivity index (χ3v) is 8.30. The Balaban J connectivity index is 1.67. The highest BCUT2D eigenvalue weighted by Crippen LogP contribution is 2.32. The van der Waals surface area contributed by atoms with Gasteiger partial charge in [0.1, 0.15) is 10.8 Å². The number of methoxy groups -OCH3 is 2. The zero-order chi connectivity index (χ0) is 27.1. The highest BCUT2D eigenvalue weighted by molar-refractivity contribution is 7.89. The Morgan fingerprint density at radius 3 is 2.68 bits per heavy atom. The highest BCUT2D eigenvalue weighted by Gasteiger charge is 2.25. The topological polar surface area (TPSA) is 130 Å². The molecule has 38 heavy (non-hydrogen) atoms. The zero-order valence-electron chi connectivity index (χ0n) is 20.8. The first-order valence-electron chi connectivity index (χ1n) is 11.7. The molecule has 4 aromatic rings. The Bertz CT molecular complexity index is 1590. The predicted molar refractivity (Wildman–Crippen MR) is 145 cm³/mol. The molecule has 0 spiro atoms. The predicted octanol–water partition coefficient (Wildman–Crippen LogP) is 3.82. The van der Waals surface area contributed by atoms with E-state index in [2.05, 4.69) is 21.1 Å². The molecule has 0 aliphatic carbocycles. The first kappa shape index (κ1) is 27.2. The van der Waals surface area contributed by atoms with Crippen LogP contribution in [0.1, 0.15) is 32.5 Å². The number of carbonyl (C=O) groups is 1. The van der Waals surface area contributed by atoms with Gasteiger partial charge in [0.15, 0.2) is 0 Å². The number of carbonyl (C=O) groups excluding carboxylic acids is 1. The maximum atomic E-state index is 13.5. The van der Waals surface area contributed by atoms with Gasteiger partial charge in [0.2, 0.25) is 10.0 Å². The molecule has 1 aromatic heterocycles. The fraction of sp³-hybridized carbons (Fsp3) is 0.222. The number of rotatable bonds is 11. The number of fused-ring (bicyclic) bond motifs is 1. The van der Waals surface area contributed by atoms with Crippen molar-refractivity contribution in [2.45, 2.75) is 17.4 Å². The van der Waals surface area contributed by atoms with Gasteiger partial charge in [0.05, 0.1) is 46.5 Å². The number of aromatic nitrogens is 1. The first-order valence-corrected chi connectivity index (χ1v) is 14.0. The normalized spacial score (nSPS) is 12.1. The van der Waals surface area contributed by atoms with Gasteiger partial charge in [0, 0.05) is 19.2 Å². The number of sulfonamides is 1. The number of ether oxygens (including phenoxy) is 2. The maximum Gasteiger partial charge on any atom is 0.251 e. The standard InChI is InChI=1S/C27H26N4O5S2/c1-35-12-11-29-26(32)20-7-4-8-22(15-20)38(33,34)31-24(14-18-5-3-6-19(13-18)17-28)27-30-23-10-9-21(36-2)16-25(23)37-27/h3-10,13,15-16,24,31H,11-12,14H2,1-2H3,(H,29,32). The number of thiazole rings is 1. The van der Waals surface area contributed by atoms with Crippen LogP contribution in [0.3, 0.4) is 0 Å². The number of nitrogens with one attached hydrogen (secondary N) is 2. The van der Waals surface area contributed by atoms with Crippen molar-refractivity contribution in [1.29, 1.82) is 5.26 Å². The number of amides is 1. The van der Waals surface area contributed by atoms with Gasteiger partial charge < -0.3 is 14.8 Å². The summed E-state index contributed by atoms with van der Waals surface area (Å²) in [7, 11) is -0.947. The van der Waals surface area contributed by atoms with Crippen LogP contribution in [-0.4, -0.2) is 46.7 Å². The van der Waals surface area contributed by atoms with Crippen LogP contribution in [-0.2, 0) is 21.2 Å². The maximum absolute atomic E-state index is 13.5. The monoisotopic (exact) mass is 550 g/mol. The lowest BCUT2D eigenvalue weighted by atomic mass is 10.0. The molecule has 2 N–H and O–H groups in total. The molecule has 1 heterocycles. The van der Waals surface area contributed by atoms with Gasteiger partial charge in [-0.15, -0.1) is 11.3 Å². The van der Waals surface area contributed by atoms with Crippen LogP contribution >= 0.6 is 11.3 Å². The van der Waals surface area contributed by atoms with E-state index >= 15 is 0 Å². The summed E-state index contributed by atoms with van der Waals surface area (Å²) >= 11 is 1.36. The van der Waals surface area contributed by atoms with E-state index in [1.54, 1.807) is 37.4 Å². The van der Waals surface area contributed by atoms with Crippen molar-refractivity contribution >= 4 is 37.5 Å². The molecule has 0 aliphatic heterocycles. The smallest absolute Gasteiger partial charge is 0.251 e. The molecular weight excluding hydrogens is 524 g/mol. The van der Waals surface area contributed by atoms with Crippen molar-refractivity contribution in [3.05, 3.63) is 88.4 Å². The van der Waals surface area contributed by atoms with Gasteiger partial charge in [-0.05, 0) is 60.5 Å². The van der Waals surface area contributed by atoms with E-state index in [1.165, 1.54) is 36.6 Å². The van der Waals surface area contributed by atoms with Crippen molar-refractivity contribution < 1.29 is 22.7 Å². The molecule has 4 rings (SSSR count). The molecule has 0 fully saturated rings. The van der Waals surface area contributed by atoms with Crippen LogP contribution in [0.4, 0.5) is 0 Å². The lowest BCUT2D eigenvalue weighted by molar-refractivity contribution is 0.0937. The molecule has 0 saturated carbocycles. The average molecular weight is 551 g/mol. The molecule has 0 aliphatic rings. The molecule has 1 unspecified atom stereocenters. The number of hydrogen-bond acceptors (Lipinski definition) is 8. The first-order chi connectivity index (χ1) is 18.3. The largest absolute Gasteiger partial charge is 0.497 e. The van der Waals surface area contributed by atoms with E-state index in [0.717, 1.165) is 15.8 Å². The minimum absolute atomic E-state index is 0.0459. The van der Waals surface area contributed by atoms with Gasteiger partial charge >= 0.3 is 0 Å². The minimum Gasteiger partial charge on any atom is -0.497 e. The van der Waals surface area contributed by atoms with E-state index < -0.39 is 22.0 Å². The van der Waals surface area contributed by atoms with Crippen molar-refractivity contribution in [2.75, 3.05) is 27.4 Å². The molecule has 0 saturated heterocycles. The molecular formula is C27H26N4O5S2. The van der Waals surface area contributed by atoms with Crippen LogP contribution in [0, 0.1) is 11.3 Å². The summed E-state index contributed by atoms with van der Waals surface area (Å²) in [6.45, 7) is 0.644. The summed E-state index contributed by atoms with van der Waals surface area (Å²) in [6.07, 6.45) is 0.267. The third-order valence-electron chi connectivity index (χ3n) is 5.70. The lowest BCUT2D eigenvalue weighted by Gasteiger charge is -2.17. The summed E-state index contributed by atoms with van der Waals surface area (Å²) in [4.78, 5) is 17.1. The summed E-state index contributed by atoms with van der Waals surface area (Å²) in [6, 6.07) is 19.7. The van der Waals surface area contributed by atoms with E-state index in [-0.39, 0.29) is 16.9 Å². The Kier molecular flexibility index (Phi) is 8.70. The van der Waals surface area contributed by atoms with Crippen LogP contribution in [0.2, 0.25) is 0 Å². The minimum atomic E-state index is -4.05. The van der Waals surface area contributed by atoms with Crippen molar-refractivity contribution in [3.8, 4) is 11.8 Å². The van der Waals surface area contributed by atoms with Gasteiger partial charge in [-0.3, -0.25) is 4.79 Å². The molecule has 3 aromatic carbocycles. The quantitative estimate of drug-likeness (QED) is 0.272. The van der Waals surface area contributed by atoms with E-state index in [4.69, 9.17) is 9.47 Å². The van der Waals surface area contributed by atoms with Crippen molar-refractivity contribution in [2.24, 2.45) is 0 Å². The fourth-order valence-corrected chi connectivity index (χ4v) is 6.18. The van der Waals surface area contributed by atoms with Crippen LogP contribution < -0.4 is 14.8 Å². The highest BCUT2D eigenvalue weighted by atomic mass is 32.2. The molecule has 1 amide bonds. The number of hydrogen-bond donors (Lipinski definition) is 2. The second-order valence-electron chi connectivity index (χ2n) is 8.35.